The summed E-state index contributed by atoms with van der Waals surface area (Å²) in [5.41, 5.74) is 6.73. The number of ketones is 1. The van der Waals surface area contributed by atoms with Crippen molar-refractivity contribution in [3.63, 3.8) is 0 Å². The number of carbonyl (C=O) groups is 1. The van der Waals surface area contributed by atoms with Crippen molar-refractivity contribution in [3.8, 4) is 5.75 Å². The Labute approximate surface area is 127 Å². The van der Waals surface area contributed by atoms with Crippen LogP contribution in [0.3, 0.4) is 0 Å². The quantitative estimate of drug-likeness (QED) is 0.818. The van der Waals surface area contributed by atoms with Crippen LogP contribution in [-0.4, -0.2) is 42.5 Å². The van der Waals surface area contributed by atoms with Gasteiger partial charge in [-0.2, -0.15) is 0 Å². The van der Waals surface area contributed by atoms with E-state index in [1.165, 1.54) is 19.3 Å². The van der Waals surface area contributed by atoms with Crippen LogP contribution in [0, 0.1) is 0 Å². The number of para-hydroxylation sites is 1. The predicted molar refractivity (Wildman–Crippen MR) is 84.8 cm³/mol. The molecule has 0 bridgehead atoms. The van der Waals surface area contributed by atoms with E-state index in [0.29, 0.717) is 24.0 Å². The second-order valence-corrected chi connectivity index (χ2v) is 5.86. The number of rotatable bonds is 6. The third kappa shape index (κ3) is 4.29. The summed E-state index contributed by atoms with van der Waals surface area (Å²) in [6.45, 7) is 6.18. The molecule has 0 radical (unpaired) electrons. The van der Waals surface area contributed by atoms with E-state index in [1.807, 2.05) is 24.3 Å². The number of likely N-dealkylation sites (tertiary alicyclic amines) is 1. The molecule has 1 aromatic carbocycles. The van der Waals surface area contributed by atoms with Gasteiger partial charge in [0, 0.05) is 18.6 Å². The van der Waals surface area contributed by atoms with Gasteiger partial charge >= 0.3 is 0 Å². The summed E-state index contributed by atoms with van der Waals surface area (Å²) in [5, 5.41) is 0. The maximum absolute atomic E-state index is 11.6. The highest BCUT2D eigenvalue weighted by atomic mass is 16.5. The van der Waals surface area contributed by atoms with Gasteiger partial charge in [-0.05, 0) is 45.4 Å². The molecule has 21 heavy (non-hydrogen) atoms. The SMILES string of the molecule is CC(=O)c1ccccc1OCCN1CCCCC1C(C)N. The summed E-state index contributed by atoms with van der Waals surface area (Å²) < 4.78 is 5.83. The molecule has 0 aliphatic carbocycles. The van der Waals surface area contributed by atoms with E-state index in [4.69, 9.17) is 10.5 Å². The fraction of sp³-hybridized carbons (Fsp3) is 0.588. The Hall–Kier alpha value is -1.39. The predicted octanol–water partition coefficient (Wildman–Crippen LogP) is 2.47. The Morgan fingerprint density at radius 1 is 1.43 bits per heavy atom. The molecule has 1 aromatic rings. The van der Waals surface area contributed by atoms with Crippen molar-refractivity contribution in [1.29, 1.82) is 0 Å². The molecule has 2 unspecified atom stereocenters. The van der Waals surface area contributed by atoms with Gasteiger partial charge in [-0.1, -0.05) is 18.6 Å². The summed E-state index contributed by atoms with van der Waals surface area (Å²) in [4.78, 5) is 14.0. The molecule has 0 spiro atoms. The van der Waals surface area contributed by atoms with Crippen LogP contribution in [0.5, 0.6) is 5.75 Å². The Morgan fingerprint density at radius 3 is 2.90 bits per heavy atom. The number of Topliss-reactive ketones (excluding diaryl/α,β-unsaturated/α-hetero) is 1. The van der Waals surface area contributed by atoms with Crippen LogP contribution in [-0.2, 0) is 0 Å². The molecular formula is C17H26N2O2. The normalized spacial score (nSPS) is 21.0. The van der Waals surface area contributed by atoms with Crippen molar-refractivity contribution < 1.29 is 9.53 Å². The van der Waals surface area contributed by atoms with E-state index in [1.54, 1.807) is 6.92 Å². The van der Waals surface area contributed by atoms with Crippen LogP contribution in [0.15, 0.2) is 24.3 Å². The second kappa shape index (κ2) is 7.57. The third-order valence-corrected chi connectivity index (χ3v) is 4.17. The molecule has 1 aliphatic heterocycles. The molecule has 1 aliphatic rings. The lowest BCUT2D eigenvalue weighted by molar-refractivity contribution is 0.0997. The van der Waals surface area contributed by atoms with Crippen LogP contribution in [0.4, 0.5) is 0 Å². The minimum absolute atomic E-state index is 0.0389. The second-order valence-electron chi connectivity index (χ2n) is 5.86. The van der Waals surface area contributed by atoms with Gasteiger partial charge in [0.25, 0.3) is 0 Å². The summed E-state index contributed by atoms with van der Waals surface area (Å²) in [7, 11) is 0. The average molecular weight is 290 g/mol. The van der Waals surface area contributed by atoms with Crippen LogP contribution in [0.25, 0.3) is 0 Å². The van der Waals surface area contributed by atoms with Gasteiger partial charge in [-0.15, -0.1) is 0 Å². The molecular weight excluding hydrogens is 264 g/mol. The van der Waals surface area contributed by atoms with E-state index in [-0.39, 0.29) is 11.8 Å². The van der Waals surface area contributed by atoms with Gasteiger partial charge in [0.1, 0.15) is 12.4 Å². The molecule has 1 heterocycles. The van der Waals surface area contributed by atoms with Gasteiger partial charge < -0.3 is 10.5 Å². The Morgan fingerprint density at radius 2 is 2.19 bits per heavy atom. The highest BCUT2D eigenvalue weighted by Gasteiger charge is 2.25. The molecule has 4 heteroatoms. The van der Waals surface area contributed by atoms with Crippen LogP contribution in [0.2, 0.25) is 0 Å². The number of benzene rings is 1. The average Bonchev–Trinajstić information content (AvgIpc) is 2.48. The minimum atomic E-state index is 0.0389. The van der Waals surface area contributed by atoms with Gasteiger partial charge in [0.05, 0.1) is 5.56 Å². The van der Waals surface area contributed by atoms with Crippen molar-refractivity contribution in [3.05, 3.63) is 29.8 Å². The van der Waals surface area contributed by atoms with Gasteiger partial charge in [0.15, 0.2) is 5.78 Å². The number of nitrogens with two attached hydrogens (primary N) is 1. The fourth-order valence-corrected chi connectivity index (χ4v) is 3.05. The van der Waals surface area contributed by atoms with E-state index < -0.39 is 0 Å². The van der Waals surface area contributed by atoms with Gasteiger partial charge in [0.2, 0.25) is 0 Å². The summed E-state index contributed by atoms with van der Waals surface area (Å²) in [6, 6.07) is 8.06. The number of ether oxygens (including phenoxy) is 1. The molecule has 116 valence electrons. The maximum atomic E-state index is 11.6. The zero-order valence-corrected chi connectivity index (χ0v) is 13.0. The molecule has 0 aromatic heterocycles. The van der Waals surface area contributed by atoms with E-state index in [0.717, 1.165) is 13.1 Å². The molecule has 2 atom stereocenters. The lowest BCUT2D eigenvalue weighted by Gasteiger charge is -2.37. The highest BCUT2D eigenvalue weighted by Crippen LogP contribution is 2.20. The molecule has 0 amide bonds. The van der Waals surface area contributed by atoms with Gasteiger partial charge in [-0.3, -0.25) is 9.69 Å². The van der Waals surface area contributed by atoms with Crippen molar-refractivity contribution >= 4 is 5.78 Å². The zero-order valence-electron chi connectivity index (χ0n) is 13.0. The molecule has 1 fully saturated rings. The van der Waals surface area contributed by atoms with Crippen LogP contribution in [0.1, 0.15) is 43.5 Å². The Balaban J connectivity index is 1.90. The Kier molecular flexibility index (Phi) is 5.76. The maximum Gasteiger partial charge on any atom is 0.163 e. The summed E-state index contributed by atoms with van der Waals surface area (Å²) in [6.07, 6.45) is 3.66. The van der Waals surface area contributed by atoms with Gasteiger partial charge in [-0.25, -0.2) is 0 Å². The molecule has 2 N–H and O–H groups in total. The lowest BCUT2D eigenvalue weighted by atomic mass is 9.97. The Bertz CT molecular complexity index is 474. The summed E-state index contributed by atoms with van der Waals surface area (Å²) >= 11 is 0. The highest BCUT2D eigenvalue weighted by molar-refractivity contribution is 5.96. The number of nitrogens with zero attached hydrogens (tertiary/aromatic N) is 1. The first-order chi connectivity index (χ1) is 10.1. The summed E-state index contributed by atoms with van der Waals surface area (Å²) in [5.74, 6) is 0.719. The largest absolute Gasteiger partial charge is 0.491 e. The van der Waals surface area contributed by atoms with E-state index in [2.05, 4.69) is 11.8 Å². The number of piperidine rings is 1. The first kappa shape index (κ1) is 16.0. The fourth-order valence-electron chi connectivity index (χ4n) is 3.05. The standard InChI is InChI=1S/C17H26N2O2/c1-13(18)16-8-5-6-10-19(16)11-12-21-17-9-4-3-7-15(17)14(2)20/h3-4,7,9,13,16H,5-6,8,10-12,18H2,1-2H3. The first-order valence-corrected chi connectivity index (χ1v) is 7.82. The first-order valence-electron chi connectivity index (χ1n) is 7.82. The lowest BCUT2D eigenvalue weighted by Crippen LogP contribution is -2.50. The van der Waals surface area contributed by atoms with E-state index in [9.17, 15) is 4.79 Å². The third-order valence-electron chi connectivity index (χ3n) is 4.17. The van der Waals surface area contributed by atoms with Crippen LogP contribution < -0.4 is 10.5 Å². The van der Waals surface area contributed by atoms with Crippen molar-refractivity contribution in [1.82, 2.24) is 4.90 Å². The van der Waals surface area contributed by atoms with Crippen molar-refractivity contribution in [2.24, 2.45) is 5.73 Å². The van der Waals surface area contributed by atoms with Crippen molar-refractivity contribution in [2.75, 3.05) is 19.7 Å². The minimum Gasteiger partial charge on any atom is -0.491 e. The van der Waals surface area contributed by atoms with Crippen molar-refractivity contribution in [2.45, 2.75) is 45.2 Å². The number of carbonyl (C=O) groups excluding carboxylic acids is 1. The molecule has 0 saturated carbocycles. The smallest absolute Gasteiger partial charge is 0.163 e. The zero-order chi connectivity index (χ0) is 15.2. The topological polar surface area (TPSA) is 55.6 Å². The molecule has 2 rings (SSSR count). The molecule has 1 saturated heterocycles. The monoisotopic (exact) mass is 290 g/mol. The molecule has 4 nitrogen and oxygen atoms in total. The number of hydrogen-bond donors (Lipinski definition) is 1. The number of hydrogen-bond acceptors (Lipinski definition) is 4. The van der Waals surface area contributed by atoms with E-state index >= 15 is 0 Å². The van der Waals surface area contributed by atoms with Crippen LogP contribution >= 0.6 is 0 Å².